The summed E-state index contributed by atoms with van der Waals surface area (Å²) in [4.78, 5) is 13.8. The summed E-state index contributed by atoms with van der Waals surface area (Å²) in [5.41, 5.74) is 0. The smallest absolute Gasteiger partial charge is 0.212 e. The summed E-state index contributed by atoms with van der Waals surface area (Å²) in [6, 6.07) is 0. The highest BCUT2D eigenvalue weighted by atomic mass is 16.5. The van der Waals surface area contributed by atoms with Crippen LogP contribution in [0.3, 0.4) is 0 Å². The number of carbonyl (C=O) groups is 1. The van der Waals surface area contributed by atoms with Gasteiger partial charge in [0.15, 0.2) is 0 Å². The number of amides is 1. The lowest BCUT2D eigenvalue weighted by atomic mass is 10.1. The van der Waals surface area contributed by atoms with Gasteiger partial charge >= 0.3 is 0 Å². The number of nitrogens with zero attached hydrogens (tertiary/aromatic N) is 2. The van der Waals surface area contributed by atoms with Gasteiger partial charge in [0.05, 0.1) is 0 Å². The zero-order chi connectivity index (χ0) is 20.2. The Kier molecular flexibility index (Phi) is 19.2. The molecule has 0 heterocycles. The molecule has 0 saturated carbocycles. The molecule has 0 fully saturated rings. The maximum Gasteiger partial charge on any atom is 0.212 e. The molecule has 4 nitrogen and oxygen atoms in total. The molecule has 0 aromatic heterocycles. The Balaban J connectivity index is 3.34. The lowest BCUT2D eigenvalue weighted by molar-refractivity contribution is -0.128. The monoisotopic (exact) mass is 381 g/mol. The average Bonchev–Trinajstić information content (AvgIpc) is 2.64. The Hall–Kier alpha value is -0.870. The zero-order valence-electron chi connectivity index (χ0n) is 18.4. The van der Waals surface area contributed by atoms with E-state index < -0.39 is 0 Å². The fourth-order valence-electron chi connectivity index (χ4n) is 3.13. The maximum absolute atomic E-state index is 11.7. The van der Waals surface area contributed by atoms with Crippen molar-refractivity contribution in [3.8, 4) is 0 Å². The van der Waals surface area contributed by atoms with Crippen molar-refractivity contribution in [2.45, 2.75) is 103 Å². The highest BCUT2D eigenvalue weighted by Crippen LogP contribution is 2.10. The number of allylic oxidation sites excluding steroid dienone is 2. The molecule has 0 aliphatic rings. The Morgan fingerprint density at radius 2 is 1.26 bits per heavy atom. The molecule has 4 heteroatoms. The topological polar surface area (TPSA) is 46.6 Å². The molecule has 27 heavy (non-hydrogen) atoms. The predicted octanol–water partition coefficient (Wildman–Crippen LogP) is 6.30. The maximum atomic E-state index is 11.7. The molecule has 0 bridgehead atoms. The first kappa shape index (κ1) is 26.1. The minimum atomic E-state index is -0.244. The van der Waals surface area contributed by atoms with Gasteiger partial charge in [-0.2, -0.15) is 0 Å². The molecule has 0 aliphatic heterocycles. The van der Waals surface area contributed by atoms with E-state index in [-0.39, 0.29) is 5.91 Å². The summed E-state index contributed by atoms with van der Waals surface area (Å²) < 4.78 is 0. The zero-order valence-corrected chi connectivity index (χ0v) is 18.4. The molecule has 0 aromatic rings. The molecule has 160 valence electrons. The molecular weight excluding hydrogens is 336 g/mol. The van der Waals surface area contributed by atoms with Gasteiger partial charge in [-0.15, -0.1) is 0 Å². The first-order valence-electron chi connectivity index (χ1n) is 11.3. The normalized spacial score (nSPS) is 11.6. The molecule has 0 radical (unpaired) electrons. The van der Waals surface area contributed by atoms with Gasteiger partial charge in [0.2, 0.25) is 5.91 Å². The van der Waals surface area contributed by atoms with Crippen LogP contribution in [0.4, 0.5) is 0 Å². The van der Waals surface area contributed by atoms with E-state index in [1.165, 1.54) is 64.2 Å². The van der Waals surface area contributed by atoms with E-state index in [1.54, 1.807) is 0 Å². The van der Waals surface area contributed by atoms with Gasteiger partial charge in [0.25, 0.3) is 0 Å². The second-order valence-corrected chi connectivity index (χ2v) is 7.99. The standard InChI is InChI=1S/C23H45N2O2/c1-4-5-6-7-8-9-10-11-12-13-14-15-16-17-18-20-23(26)25(27)22-19-21-24(2)3/h11-12H,4-10,13-22H2,1-3H3/q-1/b12-11-. The third kappa shape index (κ3) is 19.7. The van der Waals surface area contributed by atoms with Crippen LogP contribution in [0.5, 0.6) is 0 Å². The minimum Gasteiger partial charge on any atom is -0.756 e. The summed E-state index contributed by atoms with van der Waals surface area (Å²) in [7, 11) is 3.95. The molecular formula is C23H45N2O2-. The first-order valence-corrected chi connectivity index (χ1v) is 11.3. The van der Waals surface area contributed by atoms with Crippen molar-refractivity contribution in [1.82, 2.24) is 9.96 Å². The number of unbranched alkanes of at least 4 members (excludes halogenated alkanes) is 11. The fourth-order valence-corrected chi connectivity index (χ4v) is 3.13. The van der Waals surface area contributed by atoms with Crippen LogP contribution in [-0.4, -0.2) is 43.1 Å². The van der Waals surface area contributed by atoms with E-state index in [2.05, 4.69) is 19.1 Å². The van der Waals surface area contributed by atoms with Gasteiger partial charge in [-0.25, -0.2) is 0 Å². The number of rotatable bonds is 19. The van der Waals surface area contributed by atoms with Crippen LogP contribution in [0, 0.1) is 5.21 Å². The number of hydrogen-bond donors (Lipinski definition) is 0. The van der Waals surface area contributed by atoms with E-state index in [0.717, 1.165) is 32.2 Å². The van der Waals surface area contributed by atoms with Gasteiger partial charge in [-0.3, -0.25) is 4.79 Å². The summed E-state index contributed by atoms with van der Waals surface area (Å²) in [6.45, 7) is 3.43. The molecule has 0 spiro atoms. The second kappa shape index (κ2) is 19.9. The van der Waals surface area contributed by atoms with Crippen LogP contribution in [0.1, 0.15) is 103 Å². The van der Waals surface area contributed by atoms with Crippen LogP contribution >= 0.6 is 0 Å². The van der Waals surface area contributed by atoms with Crippen molar-refractivity contribution in [2.75, 3.05) is 27.2 Å². The van der Waals surface area contributed by atoms with E-state index in [9.17, 15) is 10.0 Å². The summed E-state index contributed by atoms with van der Waals surface area (Å²) in [5, 5.41) is 12.3. The Labute approximate surface area is 169 Å². The lowest BCUT2D eigenvalue weighted by Crippen LogP contribution is -2.28. The molecule has 0 N–H and O–H groups in total. The van der Waals surface area contributed by atoms with Gasteiger partial charge < -0.3 is 15.2 Å². The van der Waals surface area contributed by atoms with Gasteiger partial charge in [0.1, 0.15) is 0 Å². The van der Waals surface area contributed by atoms with Gasteiger partial charge in [-0.1, -0.05) is 70.4 Å². The van der Waals surface area contributed by atoms with Crippen LogP contribution in [-0.2, 0) is 4.79 Å². The van der Waals surface area contributed by atoms with E-state index >= 15 is 0 Å². The number of hydroxylamine groups is 2. The van der Waals surface area contributed by atoms with Crippen LogP contribution in [0.2, 0.25) is 0 Å². The van der Waals surface area contributed by atoms with Crippen LogP contribution < -0.4 is 0 Å². The van der Waals surface area contributed by atoms with Crippen molar-refractivity contribution in [2.24, 2.45) is 0 Å². The van der Waals surface area contributed by atoms with Crippen molar-refractivity contribution >= 4 is 5.91 Å². The third-order valence-electron chi connectivity index (χ3n) is 4.90. The van der Waals surface area contributed by atoms with E-state index in [0.29, 0.717) is 18.0 Å². The molecule has 0 aliphatic carbocycles. The van der Waals surface area contributed by atoms with Crippen molar-refractivity contribution in [3.05, 3.63) is 17.4 Å². The summed E-state index contributed by atoms with van der Waals surface area (Å²) >= 11 is 0. The Bertz CT molecular complexity index is 356. The quantitative estimate of drug-likeness (QED) is 0.150. The highest BCUT2D eigenvalue weighted by Gasteiger charge is 2.04. The predicted molar refractivity (Wildman–Crippen MR) is 118 cm³/mol. The fraction of sp³-hybridized carbons (Fsp3) is 0.870. The highest BCUT2D eigenvalue weighted by molar-refractivity contribution is 5.76. The van der Waals surface area contributed by atoms with Gasteiger partial charge in [0, 0.05) is 13.0 Å². The van der Waals surface area contributed by atoms with Crippen molar-refractivity contribution < 1.29 is 4.79 Å². The second-order valence-electron chi connectivity index (χ2n) is 7.99. The number of hydrogen-bond acceptors (Lipinski definition) is 3. The summed E-state index contributed by atoms with van der Waals surface area (Å²) in [6.07, 6.45) is 22.0. The molecule has 0 rings (SSSR count). The Morgan fingerprint density at radius 3 is 1.81 bits per heavy atom. The van der Waals surface area contributed by atoms with Gasteiger partial charge in [-0.05, 0) is 59.2 Å². The van der Waals surface area contributed by atoms with E-state index in [1.807, 2.05) is 19.0 Å². The van der Waals surface area contributed by atoms with Crippen LogP contribution in [0.15, 0.2) is 12.2 Å². The minimum absolute atomic E-state index is 0.244. The molecule has 1 amide bonds. The SMILES string of the molecule is CCCCCCCC/C=C\CCCCCCCC(=O)N([O-])CCCN(C)C. The molecule has 0 atom stereocenters. The van der Waals surface area contributed by atoms with Crippen LogP contribution in [0.25, 0.3) is 0 Å². The molecule has 0 aromatic carbocycles. The van der Waals surface area contributed by atoms with Crippen molar-refractivity contribution in [1.29, 1.82) is 0 Å². The largest absolute Gasteiger partial charge is 0.756 e. The first-order chi connectivity index (χ1) is 13.1. The van der Waals surface area contributed by atoms with Crippen molar-refractivity contribution in [3.63, 3.8) is 0 Å². The molecule has 0 unspecified atom stereocenters. The number of carbonyl (C=O) groups excluding carboxylic acids is 1. The van der Waals surface area contributed by atoms with E-state index in [4.69, 9.17) is 0 Å². The third-order valence-corrected chi connectivity index (χ3v) is 4.90. The molecule has 0 saturated heterocycles. The summed E-state index contributed by atoms with van der Waals surface area (Å²) in [5.74, 6) is -0.244. The average molecular weight is 382 g/mol. The Morgan fingerprint density at radius 1 is 0.741 bits per heavy atom. The lowest BCUT2D eigenvalue weighted by Gasteiger charge is -2.28.